The van der Waals surface area contributed by atoms with Gasteiger partial charge in [0.25, 0.3) is 0 Å². The highest BCUT2D eigenvalue weighted by molar-refractivity contribution is 7.09. The molecule has 1 atom stereocenters. The van der Waals surface area contributed by atoms with Crippen molar-refractivity contribution in [2.24, 2.45) is 0 Å². The Morgan fingerprint density at radius 1 is 1.50 bits per heavy atom. The molecule has 16 heavy (non-hydrogen) atoms. The molecule has 1 unspecified atom stereocenters. The maximum Gasteiger partial charge on any atom is 0.133 e. The highest BCUT2D eigenvalue weighted by Crippen LogP contribution is 2.21. The normalized spacial score (nSPS) is 12.9. The molecule has 0 saturated carbocycles. The van der Waals surface area contributed by atoms with Crippen LogP contribution in [0.25, 0.3) is 0 Å². The van der Waals surface area contributed by atoms with Gasteiger partial charge in [-0.3, -0.25) is 0 Å². The van der Waals surface area contributed by atoms with Crippen LogP contribution in [-0.4, -0.2) is 10.1 Å². The Bertz CT molecular complexity index is 463. The molecule has 2 rings (SSSR count). The van der Waals surface area contributed by atoms with Crippen LogP contribution in [0.15, 0.2) is 16.1 Å². The lowest BCUT2D eigenvalue weighted by atomic mass is 10.2. The molecule has 0 saturated heterocycles. The van der Waals surface area contributed by atoms with Crippen LogP contribution >= 0.6 is 11.3 Å². The molecule has 0 fully saturated rings. The fourth-order valence-corrected chi connectivity index (χ4v) is 2.41. The van der Waals surface area contributed by atoms with Crippen molar-refractivity contribution in [3.05, 3.63) is 33.6 Å². The van der Waals surface area contributed by atoms with Crippen LogP contribution in [0.5, 0.6) is 0 Å². The number of aryl methyl sites for hydroxylation is 2. The second-order valence-electron chi connectivity index (χ2n) is 3.83. The molecule has 0 radical (unpaired) electrons. The Balaban J connectivity index is 1.93. The van der Waals surface area contributed by atoms with Crippen molar-refractivity contribution < 1.29 is 4.52 Å². The number of nitrogens with zero attached hydrogens (tertiary/aromatic N) is 2. The van der Waals surface area contributed by atoms with E-state index in [1.54, 1.807) is 11.3 Å². The summed E-state index contributed by atoms with van der Waals surface area (Å²) in [5, 5.41) is 7.35. The van der Waals surface area contributed by atoms with Gasteiger partial charge < -0.3 is 9.84 Å². The molecule has 1 N–H and O–H groups in total. The molecule has 0 aliphatic carbocycles. The standard InChI is InChI=1S/C11H15N3OS/c1-7-4-10(14-15-7)5-12-8(2)11-9(3)13-6-16-11/h4,6,8,12H,5H2,1-3H3. The Morgan fingerprint density at radius 2 is 2.31 bits per heavy atom. The summed E-state index contributed by atoms with van der Waals surface area (Å²) < 4.78 is 5.01. The van der Waals surface area contributed by atoms with E-state index in [-0.39, 0.29) is 0 Å². The lowest BCUT2D eigenvalue weighted by Gasteiger charge is -2.11. The van der Waals surface area contributed by atoms with Crippen molar-refractivity contribution in [2.45, 2.75) is 33.4 Å². The quantitative estimate of drug-likeness (QED) is 0.888. The number of aromatic nitrogens is 2. The molecule has 5 heteroatoms. The molecule has 0 amide bonds. The molecule has 4 nitrogen and oxygen atoms in total. The molecule has 0 aromatic carbocycles. The molecular formula is C11H15N3OS. The average molecular weight is 237 g/mol. The minimum atomic E-state index is 0.296. The fourth-order valence-electron chi connectivity index (χ4n) is 1.58. The summed E-state index contributed by atoms with van der Waals surface area (Å²) in [4.78, 5) is 5.52. The molecule has 0 aliphatic heterocycles. The van der Waals surface area contributed by atoms with Crippen molar-refractivity contribution in [3.63, 3.8) is 0 Å². The van der Waals surface area contributed by atoms with Gasteiger partial charge in [0.15, 0.2) is 0 Å². The first-order valence-electron chi connectivity index (χ1n) is 5.22. The summed E-state index contributed by atoms with van der Waals surface area (Å²) in [6.07, 6.45) is 0. The van der Waals surface area contributed by atoms with Crippen molar-refractivity contribution in [1.29, 1.82) is 0 Å². The predicted octanol–water partition coefficient (Wildman–Crippen LogP) is 2.60. The van der Waals surface area contributed by atoms with Gasteiger partial charge in [-0.1, -0.05) is 5.16 Å². The highest BCUT2D eigenvalue weighted by Gasteiger charge is 2.11. The van der Waals surface area contributed by atoms with Gasteiger partial charge in [-0.05, 0) is 20.8 Å². The second kappa shape index (κ2) is 4.76. The lowest BCUT2D eigenvalue weighted by Crippen LogP contribution is -2.18. The third-order valence-corrected chi connectivity index (χ3v) is 3.56. The zero-order valence-corrected chi connectivity index (χ0v) is 10.5. The van der Waals surface area contributed by atoms with Crippen LogP contribution in [0, 0.1) is 13.8 Å². The molecule has 0 aliphatic rings. The summed E-state index contributed by atoms with van der Waals surface area (Å²) in [6, 6.07) is 2.24. The van der Waals surface area contributed by atoms with Crippen molar-refractivity contribution in [3.8, 4) is 0 Å². The Morgan fingerprint density at radius 3 is 2.88 bits per heavy atom. The van der Waals surface area contributed by atoms with Crippen molar-refractivity contribution in [1.82, 2.24) is 15.5 Å². The van der Waals surface area contributed by atoms with Gasteiger partial charge in [-0.15, -0.1) is 11.3 Å². The topological polar surface area (TPSA) is 51.0 Å². The van der Waals surface area contributed by atoms with Crippen LogP contribution in [-0.2, 0) is 6.54 Å². The molecule has 2 heterocycles. The number of thiazole rings is 1. The van der Waals surface area contributed by atoms with Gasteiger partial charge in [0.2, 0.25) is 0 Å². The van der Waals surface area contributed by atoms with Gasteiger partial charge in [-0.25, -0.2) is 4.98 Å². The van der Waals surface area contributed by atoms with Crippen LogP contribution < -0.4 is 5.32 Å². The van der Waals surface area contributed by atoms with E-state index in [1.165, 1.54) is 4.88 Å². The maximum atomic E-state index is 5.01. The fraction of sp³-hybridized carbons (Fsp3) is 0.455. The number of rotatable bonds is 4. The van der Waals surface area contributed by atoms with E-state index in [9.17, 15) is 0 Å². The molecule has 2 aromatic heterocycles. The smallest absolute Gasteiger partial charge is 0.133 e. The summed E-state index contributed by atoms with van der Waals surface area (Å²) in [5.41, 5.74) is 3.91. The molecule has 2 aromatic rings. The number of hydrogen-bond donors (Lipinski definition) is 1. The van der Waals surface area contributed by atoms with E-state index < -0.39 is 0 Å². The number of nitrogens with one attached hydrogen (secondary N) is 1. The van der Waals surface area contributed by atoms with Crippen LogP contribution in [0.3, 0.4) is 0 Å². The van der Waals surface area contributed by atoms with Gasteiger partial charge in [0, 0.05) is 23.5 Å². The minimum absolute atomic E-state index is 0.296. The third-order valence-electron chi connectivity index (χ3n) is 2.44. The molecule has 0 bridgehead atoms. The number of hydrogen-bond acceptors (Lipinski definition) is 5. The van der Waals surface area contributed by atoms with E-state index in [0.717, 1.165) is 23.7 Å². The van der Waals surface area contributed by atoms with Gasteiger partial charge in [-0.2, -0.15) is 0 Å². The molecule has 86 valence electrons. The molecule has 0 spiro atoms. The highest BCUT2D eigenvalue weighted by atomic mass is 32.1. The Hall–Kier alpha value is -1.20. The zero-order chi connectivity index (χ0) is 11.5. The van der Waals surface area contributed by atoms with Crippen LogP contribution in [0.1, 0.15) is 35.0 Å². The minimum Gasteiger partial charge on any atom is -0.361 e. The van der Waals surface area contributed by atoms with Crippen LogP contribution in [0.2, 0.25) is 0 Å². The summed E-state index contributed by atoms with van der Waals surface area (Å²) in [7, 11) is 0. The van der Waals surface area contributed by atoms with Gasteiger partial charge in [0.1, 0.15) is 5.76 Å². The van der Waals surface area contributed by atoms with Gasteiger partial charge >= 0.3 is 0 Å². The van der Waals surface area contributed by atoms with Crippen molar-refractivity contribution in [2.75, 3.05) is 0 Å². The summed E-state index contributed by atoms with van der Waals surface area (Å²) in [5.74, 6) is 0.846. The van der Waals surface area contributed by atoms with E-state index in [1.807, 2.05) is 25.4 Å². The second-order valence-corrected chi connectivity index (χ2v) is 4.72. The lowest BCUT2D eigenvalue weighted by molar-refractivity contribution is 0.386. The first-order valence-corrected chi connectivity index (χ1v) is 6.10. The SMILES string of the molecule is Cc1cc(CNC(C)c2scnc2C)no1. The summed E-state index contributed by atoms with van der Waals surface area (Å²) >= 11 is 1.68. The summed E-state index contributed by atoms with van der Waals surface area (Å²) in [6.45, 7) is 6.78. The Labute approximate surface area is 98.7 Å². The van der Waals surface area contributed by atoms with Crippen molar-refractivity contribution >= 4 is 11.3 Å². The zero-order valence-electron chi connectivity index (χ0n) is 9.65. The molecular weight excluding hydrogens is 222 g/mol. The third kappa shape index (κ3) is 2.48. The largest absolute Gasteiger partial charge is 0.361 e. The van der Waals surface area contributed by atoms with E-state index in [0.29, 0.717) is 6.04 Å². The monoisotopic (exact) mass is 237 g/mol. The first kappa shape index (κ1) is 11.3. The first-order chi connectivity index (χ1) is 7.66. The average Bonchev–Trinajstić information content (AvgIpc) is 2.84. The Kier molecular flexibility index (Phi) is 3.36. The van der Waals surface area contributed by atoms with E-state index >= 15 is 0 Å². The van der Waals surface area contributed by atoms with Gasteiger partial charge in [0.05, 0.1) is 16.9 Å². The van der Waals surface area contributed by atoms with Crippen LogP contribution in [0.4, 0.5) is 0 Å². The van der Waals surface area contributed by atoms with E-state index in [4.69, 9.17) is 4.52 Å². The maximum absolute atomic E-state index is 5.01. The van der Waals surface area contributed by atoms with E-state index in [2.05, 4.69) is 22.4 Å². The predicted molar refractivity (Wildman–Crippen MR) is 63.3 cm³/mol.